The molecule has 0 aliphatic rings. The lowest BCUT2D eigenvalue weighted by molar-refractivity contribution is 0.403. The smallest absolute Gasteiger partial charge is 0.157 e. The Morgan fingerprint density at radius 2 is 2.00 bits per heavy atom. The van der Waals surface area contributed by atoms with Gasteiger partial charge in [-0.2, -0.15) is 0 Å². The quantitative estimate of drug-likeness (QED) is 0.685. The third-order valence-electron chi connectivity index (χ3n) is 1.97. The zero-order chi connectivity index (χ0) is 9.97. The first-order valence-electron chi connectivity index (χ1n) is 4.25. The lowest BCUT2D eigenvalue weighted by atomic mass is 10.1. The first-order valence-corrected chi connectivity index (χ1v) is 4.25. The van der Waals surface area contributed by atoms with E-state index in [1.165, 1.54) is 12.1 Å². The molecule has 2 aromatic rings. The van der Waals surface area contributed by atoms with Crippen molar-refractivity contribution in [2.24, 2.45) is 0 Å². The van der Waals surface area contributed by atoms with Crippen LogP contribution in [0.2, 0.25) is 0 Å². The van der Waals surface area contributed by atoms with E-state index in [0.717, 1.165) is 11.4 Å². The second-order valence-electron chi connectivity index (χ2n) is 3.04. The van der Waals surface area contributed by atoms with Crippen LogP contribution in [0, 0.1) is 0 Å². The zero-order valence-electron chi connectivity index (χ0n) is 7.84. The topological polar surface area (TPSA) is 69.1 Å². The minimum absolute atomic E-state index is 0. The highest BCUT2D eigenvalue weighted by Gasteiger charge is 2.02. The number of hydrogen-bond donors (Lipinski definition) is 3. The first-order chi connectivity index (χ1) is 6.75. The van der Waals surface area contributed by atoms with Crippen molar-refractivity contribution in [3.63, 3.8) is 0 Å². The van der Waals surface area contributed by atoms with Gasteiger partial charge in [0, 0.05) is 18.8 Å². The van der Waals surface area contributed by atoms with Crippen LogP contribution in [0.4, 0.5) is 0 Å². The van der Waals surface area contributed by atoms with Crippen LogP contribution in [0.25, 0.3) is 0 Å². The van der Waals surface area contributed by atoms with Crippen LogP contribution in [0.1, 0.15) is 11.4 Å². The van der Waals surface area contributed by atoms with Crippen LogP contribution in [0.5, 0.6) is 11.5 Å². The SMILES string of the molecule is Cl.Oc1ccc(Cc2ncc[nH]2)cc1O. The fraction of sp³-hybridized carbons (Fsp3) is 0.100. The third-order valence-corrected chi connectivity index (χ3v) is 1.97. The molecule has 1 aromatic heterocycles. The van der Waals surface area contributed by atoms with Crippen LogP contribution in [-0.2, 0) is 6.42 Å². The fourth-order valence-corrected chi connectivity index (χ4v) is 1.27. The van der Waals surface area contributed by atoms with Crippen molar-refractivity contribution in [3.05, 3.63) is 42.0 Å². The molecule has 2 rings (SSSR count). The van der Waals surface area contributed by atoms with Crippen molar-refractivity contribution in [2.75, 3.05) is 0 Å². The van der Waals surface area contributed by atoms with Gasteiger partial charge in [0.1, 0.15) is 5.82 Å². The highest BCUT2D eigenvalue weighted by molar-refractivity contribution is 5.85. The molecule has 0 aliphatic heterocycles. The van der Waals surface area contributed by atoms with Gasteiger partial charge in [-0.3, -0.25) is 0 Å². The summed E-state index contributed by atoms with van der Waals surface area (Å²) < 4.78 is 0. The molecule has 1 aromatic carbocycles. The Labute approximate surface area is 93.0 Å². The molecule has 5 heteroatoms. The summed E-state index contributed by atoms with van der Waals surface area (Å²) >= 11 is 0. The summed E-state index contributed by atoms with van der Waals surface area (Å²) in [6, 6.07) is 4.74. The number of phenols is 2. The lowest BCUT2D eigenvalue weighted by Gasteiger charge is -2.01. The summed E-state index contributed by atoms with van der Waals surface area (Å²) in [6.07, 6.45) is 4.03. The molecular formula is C10H11ClN2O2. The maximum Gasteiger partial charge on any atom is 0.157 e. The number of aromatic nitrogens is 2. The molecule has 80 valence electrons. The van der Waals surface area contributed by atoms with E-state index < -0.39 is 0 Å². The van der Waals surface area contributed by atoms with E-state index in [1.54, 1.807) is 18.5 Å². The van der Waals surface area contributed by atoms with Crippen LogP contribution in [-0.4, -0.2) is 20.2 Å². The average molecular weight is 227 g/mol. The van der Waals surface area contributed by atoms with Crippen LogP contribution < -0.4 is 0 Å². The fourth-order valence-electron chi connectivity index (χ4n) is 1.27. The molecule has 0 amide bonds. The van der Waals surface area contributed by atoms with Crippen LogP contribution in [0.15, 0.2) is 30.6 Å². The van der Waals surface area contributed by atoms with E-state index in [9.17, 15) is 5.11 Å². The predicted molar refractivity (Wildman–Crippen MR) is 58.4 cm³/mol. The van der Waals surface area contributed by atoms with E-state index in [0.29, 0.717) is 6.42 Å². The number of nitrogens with zero attached hydrogens (tertiary/aromatic N) is 1. The van der Waals surface area contributed by atoms with Crippen molar-refractivity contribution in [1.29, 1.82) is 0 Å². The van der Waals surface area contributed by atoms with Crippen LogP contribution in [0.3, 0.4) is 0 Å². The largest absolute Gasteiger partial charge is 0.504 e. The van der Waals surface area contributed by atoms with Crippen molar-refractivity contribution in [3.8, 4) is 11.5 Å². The van der Waals surface area contributed by atoms with Crippen molar-refractivity contribution < 1.29 is 10.2 Å². The molecule has 0 bridgehead atoms. The van der Waals surface area contributed by atoms with Gasteiger partial charge in [-0.05, 0) is 17.7 Å². The van der Waals surface area contributed by atoms with E-state index in [-0.39, 0.29) is 23.9 Å². The maximum absolute atomic E-state index is 9.25. The number of benzene rings is 1. The molecule has 4 nitrogen and oxygen atoms in total. The normalized spacial score (nSPS) is 9.60. The number of imidazole rings is 1. The monoisotopic (exact) mass is 226 g/mol. The van der Waals surface area contributed by atoms with E-state index in [2.05, 4.69) is 9.97 Å². The highest BCUT2D eigenvalue weighted by Crippen LogP contribution is 2.25. The standard InChI is InChI=1S/C10H10N2O2.ClH/c13-8-2-1-7(5-9(8)14)6-10-11-3-4-12-10;/h1-5,13-14H,6H2,(H,11,12);1H. The Morgan fingerprint density at radius 1 is 1.20 bits per heavy atom. The Morgan fingerprint density at radius 3 is 2.60 bits per heavy atom. The summed E-state index contributed by atoms with van der Waals surface area (Å²) in [5.41, 5.74) is 0.898. The van der Waals surface area contributed by atoms with E-state index in [1.807, 2.05) is 0 Å². The molecule has 0 unspecified atom stereocenters. The molecular weight excluding hydrogens is 216 g/mol. The first kappa shape index (κ1) is 11.4. The minimum Gasteiger partial charge on any atom is -0.504 e. The number of aromatic hydroxyl groups is 2. The second-order valence-corrected chi connectivity index (χ2v) is 3.04. The summed E-state index contributed by atoms with van der Waals surface area (Å²) in [7, 11) is 0. The molecule has 0 atom stereocenters. The van der Waals surface area contributed by atoms with Gasteiger partial charge in [0.25, 0.3) is 0 Å². The number of phenolic OH excluding ortho intramolecular Hbond substituents is 2. The summed E-state index contributed by atoms with van der Waals surface area (Å²) in [6.45, 7) is 0. The number of H-pyrrole nitrogens is 1. The Bertz CT molecular complexity index is 429. The minimum atomic E-state index is -0.104. The maximum atomic E-state index is 9.25. The van der Waals surface area contributed by atoms with Gasteiger partial charge in [0.15, 0.2) is 11.5 Å². The number of rotatable bonds is 2. The van der Waals surface area contributed by atoms with Gasteiger partial charge in [0.2, 0.25) is 0 Å². The molecule has 0 saturated carbocycles. The molecule has 15 heavy (non-hydrogen) atoms. The number of aromatic amines is 1. The van der Waals surface area contributed by atoms with E-state index >= 15 is 0 Å². The predicted octanol–water partition coefficient (Wildman–Crippen LogP) is 1.83. The zero-order valence-corrected chi connectivity index (χ0v) is 8.66. The van der Waals surface area contributed by atoms with Crippen molar-refractivity contribution in [2.45, 2.75) is 6.42 Å². The van der Waals surface area contributed by atoms with Crippen molar-refractivity contribution in [1.82, 2.24) is 9.97 Å². The molecule has 1 heterocycles. The molecule has 0 aliphatic carbocycles. The Balaban J connectivity index is 0.00000112. The highest BCUT2D eigenvalue weighted by atomic mass is 35.5. The number of halogens is 1. The molecule has 0 radical (unpaired) electrons. The lowest BCUT2D eigenvalue weighted by Crippen LogP contribution is -1.89. The Hall–Kier alpha value is -1.68. The third kappa shape index (κ3) is 2.63. The number of hydrogen-bond acceptors (Lipinski definition) is 3. The molecule has 0 spiro atoms. The van der Waals surface area contributed by atoms with Gasteiger partial charge >= 0.3 is 0 Å². The van der Waals surface area contributed by atoms with Gasteiger partial charge < -0.3 is 15.2 Å². The van der Waals surface area contributed by atoms with Crippen LogP contribution >= 0.6 is 12.4 Å². The van der Waals surface area contributed by atoms with Gasteiger partial charge in [-0.1, -0.05) is 6.07 Å². The van der Waals surface area contributed by atoms with Gasteiger partial charge in [-0.25, -0.2) is 4.98 Å². The van der Waals surface area contributed by atoms with Crippen molar-refractivity contribution >= 4 is 12.4 Å². The molecule has 0 fully saturated rings. The number of nitrogens with one attached hydrogen (secondary N) is 1. The van der Waals surface area contributed by atoms with E-state index in [4.69, 9.17) is 5.11 Å². The Kier molecular flexibility index (Phi) is 3.57. The summed E-state index contributed by atoms with van der Waals surface area (Å²) in [4.78, 5) is 7.03. The second kappa shape index (κ2) is 4.70. The molecule has 3 N–H and O–H groups in total. The average Bonchev–Trinajstić information content (AvgIpc) is 2.64. The van der Waals surface area contributed by atoms with Gasteiger partial charge in [-0.15, -0.1) is 12.4 Å². The summed E-state index contributed by atoms with van der Waals surface area (Å²) in [5.74, 6) is 0.623. The summed E-state index contributed by atoms with van der Waals surface area (Å²) in [5, 5.41) is 18.3. The van der Waals surface area contributed by atoms with Gasteiger partial charge in [0.05, 0.1) is 0 Å². The molecule has 0 saturated heterocycles.